The lowest BCUT2D eigenvalue weighted by Crippen LogP contribution is -2.37. The number of rotatable bonds is 8. The van der Waals surface area contributed by atoms with Crippen molar-refractivity contribution in [3.8, 4) is 11.8 Å². The number of carbonyl (C=O) groups is 1. The predicted molar refractivity (Wildman–Crippen MR) is 132 cm³/mol. The summed E-state index contributed by atoms with van der Waals surface area (Å²) in [6.07, 6.45) is 13.0. The van der Waals surface area contributed by atoms with Crippen molar-refractivity contribution >= 4 is 5.78 Å². The lowest BCUT2D eigenvalue weighted by atomic mass is 9.76. The second-order valence-corrected chi connectivity index (χ2v) is 11.3. The smallest absolute Gasteiger partial charge is 0.158 e. The summed E-state index contributed by atoms with van der Waals surface area (Å²) in [5, 5.41) is 0. The fraction of sp³-hybridized carbons (Fsp3) is 0.828. The highest BCUT2D eigenvalue weighted by Crippen LogP contribution is 2.49. The second-order valence-electron chi connectivity index (χ2n) is 11.3. The first-order chi connectivity index (χ1) is 16.4. The Kier molecular flexibility index (Phi) is 8.91. The molecule has 5 heteroatoms. The van der Waals surface area contributed by atoms with Crippen LogP contribution in [-0.2, 0) is 23.7 Å². The maximum absolute atomic E-state index is 12.3. The van der Waals surface area contributed by atoms with Crippen LogP contribution in [0.4, 0.5) is 0 Å². The monoisotopic (exact) mass is 472 g/mol. The van der Waals surface area contributed by atoms with Crippen LogP contribution < -0.4 is 0 Å². The van der Waals surface area contributed by atoms with E-state index < -0.39 is 0 Å². The number of ketones is 1. The van der Waals surface area contributed by atoms with Crippen molar-refractivity contribution in [3.63, 3.8) is 0 Å². The van der Waals surface area contributed by atoms with E-state index in [2.05, 4.69) is 44.8 Å². The molecule has 0 aromatic rings. The molecule has 2 heterocycles. The maximum Gasteiger partial charge on any atom is 0.158 e. The minimum atomic E-state index is -0.189. The largest absolute Gasteiger partial charge is 0.353 e. The molecular weight excluding hydrogens is 428 g/mol. The van der Waals surface area contributed by atoms with Crippen LogP contribution in [0, 0.1) is 40.9 Å². The van der Waals surface area contributed by atoms with Gasteiger partial charge in [-0.3, -0.25) is 4.79 Å². The van der Waals surface area contributed by atoms with E-state index in [-0.39, 0.29) is 42.0 Å². The summed E-state index contributed by atoms with van der Waals surface area (Å²) in [7, 11) is 0. The maximum atomic E-state index is 12.3. The predicted octanol–water partition coefficient (Wildman–Crippen LogP) is 5.67. The Balaban J connectivity index is 1.52. The van der Waals surface area contributed by atoms with Gasteiger partial charge in [-0.1, -0.05) is 25.0 Å². The van der Waals surface area contributed by atoms with Crippen LogP contribution in [0.15, 0.2) is 12.2 Å². The summed E-state index contributed by atoms with van der Waals surface area (Å²) in [6.45, 7) is 10.0. The SMILES string of the molecule is CC#CC(C)(C)C(C)[C@@H](/C=C/[C@@H]1[C@H]2CC(=O)C[C@H]2C[C@H]1OC1CCCCO1)OC1CCCCO1. The molecule has 0 aromatic carbocycles. The highest BCUT2D eigenvalue weighted by Gasteiger charge is 2.48. The number of fused-ring (bicyclic) bond motifs is 1. The third kappa shape index (κ3) is 6.32. The van der Waals surface area contributed by atoms with Crippen LogP contribution in [-0.4, -0.2) is 43.8 Å². The molecule has 3 unspecified atom stereocenters. The molecule has 0 aromatic heterocycles. The van der Waals surface area contributed by atoms with Crippen LogP contribution >= 0.6 is 0 Å². The standard InChI is InChI=1S/C29H44O5/c1-5-14-29(3,4)20(2)25(33-27-10-6-8-15-31-27)13-12-23-24-19-22(30)17-21(24)18-26(23)34-28-11-7-9-16-32-28/h12-13,20-21,23-28H,6-11,15-19H2,1-4H3/b13-12+/t20?,21-,23+,24-,25+,26+,27?,28?/m0/s1. The molecule has 34 heavy (non-hydrogen) atoms. The number of ether oxygens (including phenoxy) is 4. The van der Waals surface area contributed by atoms with Crippen LogP contribution in [0.25, 0.3) is 0 Å². The van der Waals surface area contributed by atoms with Gasteiger partial charge in [0.15, 0.2) is 12.6 Å². The summed E-state index contributed by atoms with van der Waals surface area (Å²) in [5.74, 6) is 8.07. The van der Waals surface area contributed by atoms with Gasteiger partial charge >= 0.3 is 0 Å². The molecular formula is C29H44O5. The topological polar surface area (TPSA) is 54.0 Å². The molecule has 2 saturated heterocycles. The third-order valence-corrected chi connectivity index (χ3v) is 8.53. The summed E-state index contributed by atoms with van der Waals surface area (Å²) in [5.41, 5.74) is -0.189. The van der Waals surface area contributed by atoms with Gasteiger partial charge in [0.1, 0.15) is 5.78 Å². The van der Waals surface area contributed by atoms with Crippen LogP contribution in [0.1, 0.15) is 85.5 Å². The van der Waals surface area contributed by atoms with Crippen molar-refractivity contribution < 1.29 is 23.7 Å². The molecule has 4 aliphatic rings. The molecule has 2 saturated carbocycles. The van der Waals surface area contributed by atoms with Crippen molar-refractivity contribution in [3.05, 3.63) is 12.2 Å². The van der Waals surface area contributed by atoms with Crippen molar-refractivity contribution in [1.82, 2.24) is 0 Å². The Morgan fingerprint density at radius 2 is 1.76 bits per heavy atom. The van der Waals surface area contributed by atoms with Crippen molar-refractivity contribution in [2.24, 2.45) is 29.1 Å². The van der Waals surface area contributed by atoms with Crippen LogP contribution in [0.3, 0.4) is 0 Å². The van der Waals surface area contributed by atoms with Gasteiger partial charge in [0.05, 0.1) is 12.2 Å². The molecule has 2 aliphatic heterocycles. The Bertz CT molecular complexity index is 765. The van der Waals surface area contributed by atoms with E-state index in [1.807, 2.05) is 6.92 Å². The van der Waals surface area contributed by atoms with E-state index >= 15 is 0 Å². The molecule has 0 radical (unpaired) electrons. The lowest BCUT2D eigenvalue weighted by Gasteiger charge is -2.35. The van der Waals surface area contributed by atoms with E-state index in [9.17, 15) is 4.79 Å². The molecule has 4 rings (SSSR count). The molecule has 190 valence electrons. The van der Waals surface area contributed by atoms with E-state index in [0.29, 0.717) is 30.5 Å². The molecule has 0 N–H and O–H groups in total. The Hall–Kier alpha value is -1.19. The van der Waals surface area contributed by atoms with Crippen molar-refractivity contribution in [2.75, 3.05) is 13.2 Å². The normalized spacial score (nSPS) is 36.2. The lowest BCUT2D eigenvalue weighted by molar-refractivity contribution is -0.194. The zero-order valence-electron chi connectivity index (χ0n) is 21.6. The van der Waals surface area contributed by atoms with Gasteiger partial charge in [0, 0.05) is 43.3 Å². The molecule has 2 aliphatic carbocycles. The van der Waals surface area contributed by atoms with Crippen LogP contribution in [0.5, 0.6) is 0 Å². The van der Waals surface area contributed by atoms with E-state index in [1.54, 1.807) is 0 Å². The van der Waals surface area contributed by atoms with Gasteiger partial charge < -0.3 is 18.9 Å². The molecule has 0 spiro atoms. The fourth-order valence-electron chi connectivity index (χ4n) is 6.23. The zero-order valence-corrected chi connectivity index (χ0v) is 21.6. The minimum absolute atomic E-state index is 0.104. The van der Waals surface area contributed by atoms with Gasteiger partial charge in [-0.15, -0.1) is 5.92 Å². The van der Waals surface area contributed by atoms with Crippen LogP contribution in [0.2, 0.25) is 0 Å². The third-order valence-electron chi connectivity index (χ3n) is 8.53. The number of Topliss-reactive ketones (excluding diaryl/α,β-unsaturated/α-hetero) is 1. The summed E-state index contributed by atoms with van der Waals surface area (Å²) >= 11 is 0. The molecule has 0 bridgehead atoms. The van der Waals surface area contributed by atoms with E-state index in [1.165, 1.54) is 0 Å². The van der Waals surface area contributed by atoms with Crippen molar-refractivity contribution in [1.29, 1.82) is 0 Å². The Morgan fingerprint density at radius 3 is 2.41 bits per heavy atom. The summed E-state index contributed by atoms with van der Waals surface area (Å²) in [4.78, 5) is 12.3. The average molecular weight is 473 g/mol. The second kappa shape index (κ2) is 11.7. The molecule has 0 amide bonds. The molecule has 4 fully saturated rings. The highest BCUT2D eigenvalue weighted by atomic mass is 16.7. The zero-order chi connectivity index (χ0) is 24.1. The first-order valence-corrected chi connectivity index (χ1v) is 13.6. The van der Waals surface area contributed by atoms with Gasteiger partial charge in [0.2, 0.25) is 0 Å². The molecule has 8 atom stereocenters. The number of carbonyl (C=O) groups excluding carboxylic acids is 1. The van der Waals surface area contributed by atoms with E-state index in [0.717, 1.165) is 58.2 Å². The minimum Gasteiger partial charge on any atom is -0.353 e. The molecule has 5 nitrogen and oxygen atoms in total. The summed E-state index contributed by atoms with van der Waals surface area (Å²) in [6, 6.07) is 0. The van der Waals surface area contributed by atoms with E-state index in [4.69, 9.17) is 18.9 Å². The average Bonchev–Trinajstić information content (AvgIpc) is 3.33. The quantitative estimate of drug-likeness (QED) is 0.337. The first kappa shape index (κ1) is 25.9. The number of hydrogen-bond donors (Lipinski definition) is 0. The van der Waals surface area contributed by atoms with Crippen molar-refractivity contribution in [2.45, 2.75) is 110 Å². The van der Waals surface area contributed by atoms with Gasteiger partial charge in [-0.25, -0.2) is 0 Å². The van der Waals surface area contributed by atoms with Gasteiger partial charge in [0.25, 0.3) is 0 Å². The fourth-order valence-corrected chi connectivity index (χ4v) is 6.23. The van der Waals surface area contributed by atoms with Gasteiger partial charge in [-0.2, -0.15) is 0 Å². The van der Waals surface area contributed by atoms with Gasteiger partial charge in [-0.05, 0) is 77.6 Å². The Labute approximate surface area is 206 Å². The first-order valence-electron chi connectivity index (χ1n) is 13.6. The number of hydrogen-bond acceptors (Lipinski definition) is 5. The highest BCUT2D eigenvalue weighted by molar-refractivity contribution is 5.81. The summed E-state index contributed by atoms with van der Waals surface area (Å²) < 4.78 is 24.9. The Morgan fingerprint density at radius 1 is 1.06 bits per heavy atom.